The highest BCUT2D eigenvalue weighted by Gasteiger charge is 2.08. The minimum Gasteiger partial charge on any atom is -0.496 e. The first-order valence-corrected chi connectivity index (χ1v) is 5.67. The molecule has 1 aromatic rings. The van der Waals surface area contributed by atoms with Crippen LogP contribution in [0.2, 0.25) is 0 Å². The van der Waals surface area contributed by atoms with Crippen LogP contribution in [0.1, 0.15) is 12.0 Å². The van der Waals surface area contributed by atoms with E-state index in [2.05, 4.69) is 15.9 Å². The van der Waals surface area contributed by atoms with Crippen molar-refractivity contribution >= 4 is 21.8 Å². The number of nitrogens with zero attached hydrogens (tertiary/aromatic N) is 1. The van der Waals surface area contributed by atoms with Gasteiger partial charge in [-0.05, 0) is 30.2 Å². The van der Waals surface area contributed by atoms with Crippen molar-refractivity contribution in [3.05, 3.63) is 28.2 Å². The van der Waals surface area contributed by atoms with E-state index < -0.39 is 0 Å². The monoisotopic (exact) mass is 286 g/mol. The summed E-state index contributed by atoms with van der Waals surface area (Å²) in [6.07, 6.45) is 0.989. The Kier molecular flexibility index (Phi) is 4.76. The van der Waals surface area contributed by atoms with Crippen LogP contribution < -0.4 is 10.6 Å². The van der Waals surface area contributed by atoms with Crippen LogP contribution >= 0.6 is 15.9 Å². The summed E-state index contributed by atoms with van der Waals surface area (Å²) in [5, 5.41) is 1.10. The van der Waals surface area contributed by atoms with Crippen molar-refractivity contribution in [2.24, 2.45) is 5.84 Å². The van der Waals surface area contributed by atoms with E-state index in [-0.39, 0.29) is 5.91 Å². The van der Waals surface area contributed by atoms with Crippen LogP contribution in [0, 0.1) is 0 Å². The largest absolute Gasteiger partial charge is 0.496 e. The summed E-state index contributed by atoms with van der Waals surface area (Å²) in [6.45, 7) is 0. The molecule has 88 valence electrons. The lowest BCUT2D eigenvalue weighted by molar-refractivity contribution is -0.130. The molecule has 0 saturated carbocycles. The van der Waals surface area contributed by atoms with Crippen molar-refractivity contribution in [1.29, 1.82) is 0 Å². The molecule has 0 aliphatic heterocycles. The number of carbonyl (C=O) groups is 1. The van der Waals surface area contributed by atoms with Gasteiger partial charge in [0.15, 0.2) is 0 Å². The van der Waals surface area contributed by atoms with Gasteiger partial charge in [0.05, 0.1) is 7.11 Å². The fourth-order valence-corrected chi connectivity index (χ4v) is 1.77. The second kappa shape index (κ2) is 5.86. The number of hydrogen-bond acceptors (Lipinski definition) is 3. The van der Waals surface area contributed by atoms with E-state index in [9.17, 15) is 4.79 Å². The number of methoxy groups -OCH3 is 1. The third kappa shape index (κ3) is 3.50. The molecule has 1 rings (SSSR count). The lowest BCUT2D eigenvalue weighted by atomic mass is 10.1. The number of aryl methyl sites for hydroxylation is 1. The Morgan fingerprint density at radius 3 is 2.81 bits per heavy atom. The number of hydrazine groups is 1. The summed E-state index contributed by atoms with van der Waals surface area (Å²) in [5.41, 5.74) is 0.993. The highest BCUT2D eigenvalue weighted by atomic mass is 79.9. The van der Waals surface area contributed by atoms with Gasteiger partial charge in [-0.3, -0.25) is 9.80 Å². The van der Waals surface area contributed by atoms with Crippen LogP contribution in [0.3, 0.4) is 0 Å². The molecular formula is C11H15BrN2O2. The number of carbonyl (C=O) groups excluding carboxylic acids is 1. The number of rotatable bonds is 4. The summed E-state index contributed by atoms with van der Waals surface area (Å²) in [6, 6.07) is 5.72. The molecule has 0 bridgehead atoms. The third-order valence-electron chi connectivity index (χ3n) is 2.24. The Morgan fingerprint density at radius 2 is 2.25 bits per heavy atom. The van der Waals surface area contributed by atoms with E-state index in [0.717, 1.165) is 20.8 Å². The predicted octanol–water partition coefficient (Wildman–Crippen LogP) is 1.72. The highest BCUT2D eigenvalue weighted by molar-refractivity contribution is 9.10. The van der Waals surface area contributed by atoms with Crippen molar-refractivity contribution in [2.75, 3.05) is 14.2 Å². The van der Waals surface area contributed by atoms with Gasteiger partial charge in [-0.2, -0.15) is 0 Å². The van der Waals surface area contributed by atoms with Gasteiger partial charge in [0.25, 0.3) is 0 Å². The summed E-state index contributed by atoms with van der Waals surface area (Å²) in [4.78, 5) is 11.3. The minimum absolute atomic E-state index is 0.0953. The lowest BCUT2D eigenvalue weighted by Crippen LogP contribution is -2.33. The number of nitrogens with two attached hydrogens (primary N) is 1. The number of benzene rings is 1. The van der Waals surface area contributed by atoms with Crippen LogP contribution in [-0.4, -0.2) is 25.1 Å². The molecule has 2 N–H and O–H groups in total. The summed E-state index contributed by atoms with van der Waals surface area (Å²) < 4.78 is 6.19. The average molecular weight is 287 g/mol. The molecule has 4 nitrogen and oxygen atoms in total. The zero-order chi connectivity index (χ0) is 12.1. The molecule has 0 aliphatic rings. The van der Waals surface area contributed by atoms with E-state index in [1.807, 2.05) is 18.2 Å². The fraction of sp³-hybridized carbons (Fsp3) is 0.364. The van der Waals surface area contributed by atoms with Gasteiger partial charge in [0.2, 0.25) is 5.91 Å². The van der Waals surface area contributed by atoms with Crippen molar-refractivity contribution in [3.8, 4) is 5.75 Å². The maximum atomic E-state index is 11.3. The topological polar surface area (TPSA) is 55.6 Å². The molecule has 0 spiro atoms. The molecule has 5 heteroatoms. The van der Waals surface area contributed by atoms with Gasteiger partial charge in [0, 0.05) is 17.9 Å². The number of hydrogen-bond donors (Lipinski definition) is 1. The van der Waals surface area contributed by atoms with Crippen LogP contribution in [0.25, 0.3) is 0 Å². The van der Waals surface area contributed by atoms with Gasteiger partial charge in [-0.15, -0.1) is 0 Å². The second-order valence-corrected chi connectivity index (χ2v) is 4.38. The van der Waals surface area contributed by atoms with Crippen LogP contribution in [0.15, 0.2) is 22.7 Å². The standard InChI is InChI=1S/C11H15BrN2O2/c1-14(13)11(15)6-3-8-7-9(12)4-5-10(8)16-2/h4-5,7H,3,6,13H2,1-2H3. The van der Waals surface area contributed by atoms with Crippen LogP contribution in [-0.2, 0) is 11.2 Å². The zero-order valence-electron chi connectivity index (χ0n) is 9.37. The van der Waals surface area contributed by atoms with Crippen molar-refractivity contribution in [1.82, 2.24) is 5.01 Å². The molecule has 1 amide bonds. The first-order chi connectivity index (χ1) is 7.54. The second-order valence-electron chi connectivity index (χ2n) is 3.46. The number of amides is 1. The molecule has 0 aliphatic carbocycles. The van der Waals surface area contributed by atoms with E-state index in [4.69, 9.17) is 10.6 Å². The van der Waals surface area contributed by atoms with Crippen molar-refractivity contribution < 1.29 is 9.53 Å². The molecule has 0 atom stereocenters. The fourth-order valence-electron chi connectivity index (χ4n) is 1.36. The molecule has 1 aromatic carbocycles. The van der Waals surface area contributed by atoms with Gasteiger partial charge >= 0.3 is 0 Å². The van der Waals surface area contributed by atoms with E-state index in [1.54, 1.807) is 14.2 Å². The maximum Gasteiger partial charge on any atom is 0.236 e. The maximum absolute atomic E-state index is 11.3. The SMILES string of the molecule is COc1ccc(Br)cc1CCC(=O)N(C)N. The van der Waals surface area contributed by atoms with Crippen LogP contribution in [0.4, 0.5) is 0 Å². The summed E-state index contributed by atoms with van der Waals surface area (Å²) >= 11 is 3.39. The summed E-state index contributed by atoms with van der Waals surface area (Å²) in [7, 11) is 3.16. The van der Waals surface area contributed by atoms with E-state index in [1.165, 1.54) is 0 Å². The van der Waals surface area contributed by atoms with Gasteiger partial charge in [-0.1, -0.05) is 15.9 Å². The third-order valence-corrected chi connectivity index (χ3v) is 2.74. The average Bonchev–Trinajstić information content (AvgIpc) is 2.25. The quantitative estimate of drug-likeness (QED) is 0.521. The Bertz CT molecular complexity index is 380. The molecule has 0 heterocycles. The Balaban J connectivity index is 2.72. The molecule has 0 aromatic heterocycles. The summed E-state index contributed by atoms with van der Waals surface area (Å²) in [5.74, 6) is 6.04. The van der Waals surface area contributed by atoms with Crippen LogP contribution in [0.5, 0.6) is 5.75 Å². The van der Waals surface area contributed by atoms with Gasteiger partial charge in [-0.25, -0.2) is 5.84 Å². The first kappa shape index (κ1) is 13.0. The van der Waals surface area contributed by atoms with E-state index in [0.29, 0.717) is 12.8 Å². The van der Waals surface area contributed by atoms with Gasteiger partial charge < -0.3 is 4.74 Å². The van der Waals surface area contributed by atoms with Gasteiger partial charge in [0.1, 0.15) is 5.75 Å². The molecule has 0 radical (unpaired) electrons. The first-order valence-electron chi connectivity index (χ1n) is 4.88. The van der Waals surface area contributed by atoms with E-state index >= 15 is 0 Å². The Morgan fingerprint density at radius 1 is 1.56 bits per heavy atom. The molecule has 0 saturated heterocycles. The predicted molar refractivity (Wildman–Crippen MR) is 66.0 cm³/mol. The Labute approximate surface area is 103 Å². The normalized spacial score (nSPS) is 10.0. The molecular weight excluding hydrogens is 272 g/mol. The lowest BCUT2D eigenvalue weighted by Gasteiger charge is -2.11. The van der Waals surface area contributed by atoms with Crippen molar-refractivity contribution in [3.63, 3.8) is 0 Å². The number of ether oxygens (including phenoxy) is 1. The highest BCUT2D eigenvalue weighted by Crippen LogP contribution is 2.24. The molecule has 16 heavy (non-hydrogen) atoms. The smallest absolute Gasteiger partial charge is 0.236 e. The van der Waals surface area contributed by atoms with Crippen molar-refractivity contribution in [2.45, 2.75) is 12.8 Å². The molecule has 0 fully saturated rings. The Hall–Kier alpha value is -1.07. The minimum atomic E-state index is -0.0953. The number of halogens is 1. The molecule has 0 unspecified atom stereocenters. The zero-order valence-corrected chi connectivity index (χ0v) is 11.0.